The van der Waals surface area contributed by atoms with E-state index < -0.39 is 0 Å². The number of anilines is 2. The Hall–Kier alpha value is -2.86. The third-order valence-corrected chi connectivity index (χ3v) is 4.20. The largest absolute Gasteiger partial charge is 0.484 e. The Morgan fingerprint density at radius 2 is 1.96 bits per heavy atom. The minimum absolute atomic E-state index is 0.0560. The summed E-state index contributed by atoms with van der Waals surface area (Å²) in [7, 11) is 1.62. The van der Waals surface area contributed by atoms with Crippen LogP contribution in [0.25, 0.3) is 0 Å². The summed E-state index contributed by atoms with van der Waals surface area (Å²) in [5.41, 5.74) is 2.63. The van der Waals surface area contributed by atoms with E-state index in [-0.39, 0.29) is 18.4 Å². The summed E-state index contributed by atoms with van der Waals surface area (Å²) < 4.78 is 10.5. The number of carbonyl (C=O) groups excluding carboxylic acids is 2. The second-order valence-electron chi connectivity index (χ2n) is 6.03. The van der Waals surface area contributed by atoms with E-state index in [1.807, 2.05) is 30.3 Å². The van der Waals surface area contributed by atoms with Crippen LogP contribution in [0.5, 0.6) is 5.75 Å². The van der Waals surface area contributed by atoms with Crippen LogP contribution in [0.3, 0.4) is 0 Å². The molecule has 2 aromatic rings. The zero-order valence-corrected chi connectivity index (χ0v) is 14.7. The normalized spacial score (nSPS) is 13.3. The van der Waals surface area contributed by atoms with Gasteiger partial charge < -0.3 is 19.7 Å². The summed E-state index contributed by atoms with van der Waals surface area (Å²) in [4.78, 5) is 26.0. The van der Waals surface area contributed by atoms with Gasteiger partial charge in [-0.25, -0.2) is 0 Å². The summed E-state index contributed by atoms with van der Waals surface area (Å²) in [5.74, 6) is 0.528. The van der Waals surface area contributed by atoms with Gasteiger partial charge in [0.05, 0.1) is 6.61 Å². The van der Waals surface area contributed by atoms with Crippen LogP contribution >= 0.6 is 0 Å². The SMILES string of the molecule is COCCN1C(=O)CCc2cc(NC(=O)COc3ccccc3)ccc21. The fourth-order valence-corrected chi connectivity index (χ4v) is 2.93. The molecule has 26 heavy (non-hydrogen) atoms. The number of hydrogen-bond donors (Lipinski definition) is 1. The average molecular weight is 354 g/mol. The topological polar surface area (TPSA) is 67.9 Å². The minimum atomic E-state index is -0.225. The number of nitrogens with one attached hydrogen (secondary N) is 1. The van der Waals surface area contributed by atoms with Crippen LogP contribution in [0.4, 0.5) is 11.4 Å². The molecule has 0 aliphatic carbocycles. The van der Waals surface area contributed by atoms with Crippen LogP contribution in [-0.4, -0.2) is 38.7 Å². The molecule has 2 aromatic carbocycles. The molecule has 0 saturated heterocycles. The smallest absolute Gasteiger partial charge is 0.262 e. The molecule has 1 N–H and O–H groups in total. The van der Waals surface area contributed by atoms with Crippen molar-refractivity contribution in [3.63, 3.8) is 0 Å². The number of hydrogen-bond acceptors (Lipinski definition) is 4. The molecule has 1 aliphatic rings. The van der Waals surface area contributed by atoms with E-state index in [1.165, 1.54) is 0 Å². The molecular weight excluding hydrogens is 332 g/mol. The molecule has 2 amide bonds. The molecule has 6 nitrogen and oxygen atoms in total. The van der Waals surface area contributed by atoms with Crippen molar-refractivity contribution in [2.75, 3.05) is 37.1 Å². The van der Waals surface area contributed by atoms with Gasteiger partial charge in [-0.2, -0.15) is 0 Å². The Kier molecular flexibility index (Phi) is 5.86. The molecule has 136 valence electrons. The highest BCUT2D eigenvalue weighted by Crippen LogP contribution is 2.30. The number of rotatable bonds is 7. The quantitative estimate of drug-likeness (QED) is 0.830. The van der Waals surface area contributed by atoms with Crippen LogP contribution in [0.1, 0.15) is 12.0 Å². The zero-order chi connectivity index (χ0) is 18.4. The van der Waals surface area contributed by atoms with Gasteiger partial charge in [0, 0.05) is 31.5 Å². The molecule has 6 heteroatoms. The van der Waals surface area contributed by atoms with Crippen LogP contribution in [0, 0.1) is 0 Å². The van der Waals surface area contributed by atoms with Crippen molar-refractivity contribution in [3.8, 4) is 5.75 Å². The predicted molar refractivity (Wildman–Crippen MR) is 99.6 cm³/mol. The van der Waals surface area contributed by atoms with E-state index in [0.717, 1.165) is 11.3 Å². The zero-order valence-electron chi connectivity index (χ0n) is 14.7. The molecule has 0 aromatic heterocycles. The van der Waals surface area contributed by atoms with Crippen molar-refractivity contribution in [3.05, 3.63) is 54.1 Å². The fraction of sp³-hybridized carbons (Fsp3) is 0.300. The fourth-order valence-electron chi connectivity index (χ4n) is 2.93. The highest BCUT2D eigenvalue weighted by Gasteiger charge is 2.24. The predicted octanol–water partition coefficient (Wildman–Crippen LogP) is 2.63. The minimum Gasteiger partial charge on any atom is -0.484 e. The van der Waals surface area contributed by atoms with Gasteiger partial charge in [0.2, 0.25) is 5.91 Å². The Labute approximate surface area is 152 Å². The Morgan fingerprint density at radius 1 is 1.15 bits per heavy atom. The highest BCUT2D eigenvalue weighted by atomic mass is 16.5. The molecule has 1 heterocycles. The summed E-state index contributed by atoms with van der Waals surface area (Å²) in [5, 5.41) is 2.84. The van der Waals surface area contributed by atoms with Crippen molar-refractivity contribution in [2.45, 2.75) is 12.8 Å². The number of benzene rings is 2. The summed E-state index contributed by atoms with van der Waals surface area (Å²) >= 11 is 0. The van der Waals surface area contributed by atoms with Gasteiger partial charge in [0.25, 0.3) is 5.91 Å². The lowest BCUT2D eigenvalue weighted by atomic mass is 10.0. The van der Waals surface area contributed by atoms with Crippen molar-refractivity contribution in [1.29, 1.82) is 0 Å². The van der Waals surface area contributed by atoms with Crippen molar-refractivity contribution < 1.29 is 19.1 Å². The maximum atomic E-state index is 12.1. The maximum Gasteiger partial charge on any atom is 0.262 e. The molecular formula is C20H22N2O4. The molecule has 0 spiro atoms. The monoisotopic (exact) mass is 354 g/mol. The van der Waals surface area contributed by atoms with Crippen LogP contribution in [-0.2, 0) is 20.7 Å². The first-order chi connectivity index (χ1) is 12.7. The molecule has 0 bridgehead atoms. The highest BCUT2D eigenvalue weighted by molar-refractivity contribution is 5.97. The number of para-hydroxylation sites is 1. The first-order valence-corrected chi connectivity index (χ1v) is 8.57. The van der Waals surface area contributed by atoms with E-state index in [9.17, 15) is 9.59 Å². The molecule has 0 saturated carbocycles. The van der Waals surface area contributed by atoms with Crippen molar-refractivity contribution >= 4 is 23.2 Å². The number of methoxy groups -OCH3 is 1. The molecule has 0 fully saturated rings. The third kappa shape index (κ3) is 4.40. The number of carbonyl (C=O) groups is 2. The first kappa shape index (κ1) is 17.9. The van der Waals surface area contributed by atoms with Gasteiger partial charge in [-0.05, 0) is 42.3 Å². The lowest BCUT2D eigenvalue weighted by Crippen LogP contribution is -2.37. The van der Waals surface area contributed by atoms with Gasteiger partial charge in [-0.1, -0.05) is 18.2 Å². The molecule has 0 radical (unpaired) electrons. The second kappa shape index (κ2) is 8.49. The number of fused-ring (bicyclic) bond motifs is 1. The number of amides is 2. The number of nitrogens with zero attached hydrogens (tertiary/aromatic N) is 1. The van der Waals surface area contributed by atoms with Crippen LogP contribution in [0.15, 0.2) is 48.5 Å². The van der Waals surface area contributed by atoms with E-state index in [4.69, 9.17) is 9.47 Å². The van der Waals surface area contributed by atoms with E-state index >= 15 is 0 Å². The van der Waals surface area contributed by atoms with Gasteiger partial charge in [0.1, 0.15) is 5.75 Å². The Bertz CT molecular complexity index is 777. The van der Waals surface area contributed by atoms with Gasteiger partial charge in [-0.15, -0.1) is 0 Å². The Morgan fingerprint density at radius 3 is 2.73 bits per heavy atom. The second-order valence-corrected chi connectivity index (χ2v) is 6.03. The van der Waals surface area contributed by atoms with Crippen LogP contribution in [0.2, 0.25) is 0 Å². The summed E-state index contributed by atoms with van der Waals surface area (Å²) in [6.45, 7) is 0.957. The molecule has 1 aliphatic heterocycles. The van der Waals surface area contributed by atoms with E-state index in [1.54, 1.807) is 30.2 Å². The lowest BCUT2D eigenvalue weighted by Gasteiger charge is -2.29. The van der Waals surface area contributed by atoms with Gasteiger partial charge in [0.15, 0.2) is 6.61 Å². The standard InChI is InChI=1S/C20H22N2O4/c1-25-12-11-22-18-9-8-16(13-15(18)7-10-20(22)24)21-19(23)14-26-17-5-3-2-4-6-17/h2-6,8-9,13H,7,10-12,14H2,1H3,(H,21,23). The lowest BCUT2D eigenvalue weighted by molar-refractivity contribution is -0.119. The molecule has 0 atom stereocenters. The molecule has 0 unspecified atom stereocenters. The van der Waals surface area contributed by atoms with Crippen molar-refractivity contribution in [2.24, 2.45) is 0 Å². The third-order valence-electron chi connectivity index (χ3n) is 4.20. The Balaban J connectivity index is 1.63. The first-order valence-electron chi connectivity index (χ1n) is 8.57. The van der Waals surface area contributed by atoms with Crippen molar-refractivity contribution in [1.82, 2.24) is 0 Å². The summed E-state index contributed by atoms with van der Waals surface area (Å²) in [6.07, 6.45) is 1.13. The van der Waals surface area contributed by atoms with E-state index in [0.29, 0.717) is 37.4 Å². The molecule has 3 rings (SSSR count). The van der Waals surface area contributed by atoms with Crippen LogP contribution < -0.4 is 15.0 Å². The summed E-state index contributed by atoms with van der Waals surface area (Å²) in [6, 6.07) is 14.8. The average Bonchev–Trinajstić information content (AvgIpc) is 2.66. The maximum absolute atomic E-state index is 12.1. The number of aryl methyl sites for hydroxylation is 1. The van der Waals surface area contributed by atoms with Gasteiger partial charge in [-0.3, -0.25) is 9.59 Å². The van der Waals surface area contributed by atoms with E-state index in [2.05, 4.69) is 5.32 Å². The van der Waals surface area contributed by atoms with Gasteiger partial charge >= 0.3 is 0 Å². The number of ether oxygens (including phenoxy) is 2.